The van der Waals surface area contributed by atoms with Gasteiger partial charge in [0.2, 0.25) is 0 Å². The smallest absolute Gasteiger partial charge is 0.310 e. The number of esters is 1. The number of hydrogen-bond acceptors (Lipinski definition) is 3. The van der Waals surface area contributed by atoms with Gasteiger partial charge >= 0.3 is 5.97 Å². The Morgan fingerprint density at radius 1 is 1.40 bits per heavy atom. The van der Waals surface area contributed by atoms with Crippen molar-refractivity contribution in [3.8, 4) is 0 Å². The van der Waals surface area contributed by atoms with E-state index in [2.05, 4.69) is 20.8 Å². The largest absolute Gasteiger partial charge is 0.462 e. The maximum absolute atomic E-state index is 11.7. The van der Waals surface area contributed by atoms with E-state index in [1.807, 2.05) is 13.8 Å². The molecule has 0 aromatic rings. The van der Waals surface area contributed by atoms with Crippen LogP contribution >= 0.6 is 0 Å². The second kappa shape index (κ2) is 6.11. The molecule has 2 atom stereocenters. The molecule has 0 fully saturated rings. The molecule has 0 heterocycles. The van der Waals surface area contributed by atoms with Crippen LogP contribution in [0.25, 0.3) is 0 Å². The van der Waals surface area contributed by atoms with Crippen LogP contribution in [0.4, 0.5) is 0 Å². The molecule has 2 N–H and O–H groups in total. The Morgan fingerprint density at radius 2 is 1.93 bits per heavy atom. The molecule has 0 aliphatic carbocycles. The normalized spacial score (nSPS) is 15.9. The second-order valence-corrected chi connectivity index (χ2v) is 5.35. The fourth-order valence-electron chi connectivity index (χ4n) is 1.38. The summed E-state index contributed by atoms with van der Waals surface area (Å²) >= 11 is 0. The topological polar surface area (TPSA) is 52.3 Å². The summed E-state index contributed by atoms with van der Waals surface area (Å²) in [7, 11) is 0. The summed E-state index contributed by atoms with van der Waals surface area (Å²) in [6, 6.07) is 0. The van der Waals surface area contributed by atoms with E-state index in [0.29, 0.717) is 6.54 Å². The van der Waals surface area contributed by atoms with E-state index in [4.69, 9.17) is 10.5 Å². The van der Waals surface area contributed by atoms with E-state index in [9.17, 15) is 4.79 Å². The van der Waals surface area contributed by atoms with Crippen LogP contribution in [0.1, 0.15) is 47.5 Å². The predicted molar refractivity (Wildman–Crippen MR) is 62.5 cm³/mol. The lowest BCUT2D eigenvalue weighted by molar-refractivity contribution is -0.154. The van der Waals surface area contributed by atoms with Gasteiger partial charge in [-0.05, 0) is 25.2 Å². The number of carbonyl (C=O) groups excluding carboxylic acids is 1. The lowest BCUT2D eigenvalue weighted by Gasteiger charge is -2.24. The Kier molecular flexibility index (Phi) is 5.88. The van der Waals surface area contributed by atoms with Gasteiger partial charge in [-0.2, -0.15) is 0 Å². The molecule has 0 rings (SSSR count). The zero-order valence-electron chi connectivity index (χ0n) is 10.7. The maximum Gasteiger partial charge on any atom is 0.310 e. The molecule has 0 amide bonds. The van der Waals surface area contributed by atoms with Crippen molar-refractivity contribution in [2.24, 2.45) is 17.1 Å². The summed E-state index contributed by atoms with van der Waals surface area (Å²) in [6.07, 6.45) is 1.61. The molecule has 0 aromatic heterocycles. The molecule has 3 heteroatoms. The number of ether oxygens (including phenoxy) is 1. The SMILES string of the molecule is CCC(C)OC(=O)C(CN)CC(C)(C)C. The number of nitrogens with two attached hydrogens (primary N) is 1. The minimum absolute atomic E-state index is 0.00785. The van der Waals surface area contributed by atoms with Gasteiger partial charge in [0.15, 0.2) is 0 Å². The molecule has 0 saturated heterocycles. The van der Waals surface area contributed by atoms with Crippen LogP contribution < -0.4 is 5.73 Å². The fourth-order valence-corrected chi connectivity index (χ4v) is 1.38. The molecule has 0 spiro atoms. The molecular weight excluding hydrogens is 190 g/mol. The highest BCUT2D eigenvalue weighted by Crippen LogP contribution is 2.25. The van der Waals surface area contributed by atoms with E-state index in [-0.39, 0.29) is 23.4 Å². The van der Waals surface area contributed by atoms with Gasteiger partial charge in [0.1, 0.15) is 0 Å². The van der Waals surface area contributed by atoms with Gasteiger partial charge in [-0.3, -0.25) is 4.79 Å². The summed E-state index contributed by atoms with van der Waals surface area (Å²) in [4.78, 5) is 11.7. The number of rotatable bonds is 5. The van der Waals surface area contributed by atoms with Crippen LogP contribution in [-0.4, -0.2) is 18.6 Å². The molecule has 0 saturated carbocycles. The number of carbonyl (C=O) groups is 1. The van der Waals surface area contributed by atoms with E-state index >= 15 is 0 Å². The monoisotopic (exact) mass is 215 g/mol. The van der Waals surface area contributed by atoms with Gasteiger partial charge < -0.3 is 10.5 Å². The van der Waals surface area contributed by atoms with E-state index in [1.54, 1.807) is 0 Å². The molecule has 3 nitrogen and oxygen atoms in total. The van der Waals surface area contributed by atoms with Crippen molar-refractivity contribution in [1.29, 1.82) is 0 Å². The Balaban J connectivity index is 4.23. The molecule has 0 radical (unpaired) electrons. The summed E-state index contributed by atoms with van der Waals surface area (Å²) < 4.78 is 5.28. The standard InChI is InChI=1S/C12H25NO2/c1-6-9(2)15-11(14)10(8-13)7-12(3,4)5/h9-10H,6-8,13H2,1-5H3. The zero-order valence-corrected chi connectivity index (χ0v) is 10.7. The third kappa shape index (κ3) is 6.50. The summed E-state index contributed by atoms with van der Waals surface area (Å²) in [6.45, 7) is 10.6. The Labute approximate surface area is 93.4 Å². The molecule has 0 aliphatic rings. The van der Waals surface area contributed by atoms with Crippen molar-refractivity contribution >= 4 is 5.97 Å². The van der Waals surface area contributed by atoms with E-state index in [1.165, 1.54) is 0 Å². The highest BCUT2D eigenvalue weighted by molar-refractivity contribution is 5.72. The highest BCUT2D eigenvalue weighted by Gasteiger charge is 2.25. The first-order valence-corrected chi connectivity index (χ1v) is 5.70. The Morgan fingerprint density at radius 3 is 2.27 bits per heavy atom. The Bertz CT molecular complexity index is 196. The third-order valence-electron chi connectivity index (χ3n) is 2.37. The molecule has 15 heavy (non-hydrogen) atoms. The predicted octanol–water partition coefficient (Wildman–Crippen LogP) is 2.34. The van der Waals surface area contributed by atoms with Crippen molar-refractivity contribution in [2.75, 3.05) is 6.54 Å². The number of hydrogen-bond donors (Lipinski definition) is 1. The minimum Gasteiger partial charge on any atom is -0.462 e. The van der Waals surface area contributed by atoms with Crippen LogP contribution in [0.2, 0.25) is 0 Å². The maximum atomic E-state index is 11.7. The van der Waals surface area contributed by atoms with E-state index in [0.717, 1.165) is 12.8 Å². The van der Waals surface area contributed by atoms with Crippen LogP contribution in [0.5, 0.6) is 0 Å². The molecule has 2 unspecified atom stereocenters. The van der Waals surface area contributed by atoms with Gasteiger partial charge in [-0.1, -0.05) is 27.7 Å². The average molecular weight is 215 g/mol. The first kappa shape index (κ1) is 14.4. The Hall–Kier alpha value is -0.570. The quantitative estimate of drug-likeness (QED) is 0.716. The molecule has 90 valence electrons. The molecule has 0 bridgehead atoms. The van der Waals surface area contributed by atoms with Crippen molar-refractivity contribution < 1.29 is 9.53 Å². The first-order chi connectivity index (χ1) is 6.80. The van der Waals surface area contributed by atoms with Crippen molar-refractivity contribution in [3.05, 3.63) is 0 Å². The van der Waals surface area contributed by atoms with Gasteiger partial charge in [0.25, 0.3) is 0 Å². The van der Waals surface area contributed by atoms with Crippen molar-refractivity contribution in [1.82, 2.24) is 0 Å². The lowest BCUT2D eigenvalue weighted by atomic mass is 9.84. The van der Waals surface area contributed by atoms with Gasteiger partial charge in [0.05, 0.1) is 12.0 Å². The van der Waals surface area contributed by atoms with Crippen molar-refractivity contribution in [3.63, 3.8) is 0 Å². The molecule has 0 aromatic carbocycles. The lowest BCUT2D eigenvalue weighted by Crippen LogP contribution is -2.31. The fraction of sp³-hybridized carbons (Fsp3) is 0.917. The average Bonchev–Trinajstić information content (AvgIpc) is 2.12. The van der Waals surface area contributed by atoms with Gasteiger partial charge in [-0.25, -0.2) is 0 Å². The van der Waals surface area contributed by atoms with Crippen LogP contribution in [0.3, 0.4) is 0 Å². The third-order valence-corrected chi connectivity index (χ3v) is 2.37. The summed E-state index contributed by atoms with van der Waals surface area (Å²) in [5.41, 5.74) is 5.71. The molecular formula is C12H25NO2. The summed E-state index contributed by atoms with van der Waals surface area (Å²) in [5, 5.41) is 0. The first-order valence-electron chi connectivity index (χ1n) is 5.70. The van der Waals surface area contributed by atoms with Crippen molar-refractivity contribution in [2.45, 2.75) is 53.6 Å². The van der Waals surface area contributed by atoms with Crippen LogP contribution in [0.15, 0.2) is 0 Å². The molecule has 0 aliphatic heterocycles. The second-order valence-electron chi connectivity index (χ2n) is 5.35. The van der Waals surface area contributed by atoms with Gasteiger partial charge in [-0.15, -0.1) is 0 Å². The highest BCUT2D eigenvalue weighted by atomic mass is 16.5. The van der Waals surface area contributed by atoms with Crippen LogP contribution in [-0.2, 0) is 9.53 Å². The van der Waals surface area contributed by atoms with Crippen LogP contribution in [0, 0.1) is 11.3 Å². The minimum atomic E-state index is -0.168. The van der Waals surface area contributed by atoms with Gasteiger partial charge in [0, 0.05) is 6.54 Å². The summed E-state index contributed by atoms with van der Waals surface area (Å²) in [5.74, 6) is -0.319. The zero-order chi connectivity index (χ0) is 12.1. The van der Waals surface area contributed by atoms with E-state index < -0.39 is 0 Å².